The van der Waals surface area contributed by atoms with E-state index >= 15 is 0 Å². The predicted molar refractivity (Wildman–Crippen MR) is 90.9 cm³/mol. The summed E-state index contributed by atoms with van der Waals surface area (Å²) in [5.74, 6) is 0.0881. The van der Waals surface area contributed by atoms with Crippen molar-refractivity contribution in [1.29, 1.82) is 0 Å². The third kappa shape index (κ3) is 3.80. The summed E-state index contributed by atoms with van der Waals surface area (Å²) < 4.78 is 27.2. The maximum absolute atomic E-state index is 12.3. The summed E-state index contributed by atoms with van der Waals surface area (Å²) in [6, 6.07) is 11.8. The quantitative estimate of drug-likeness (QED) is 0.900. The van der Waals surface area contributed by atoms with Crippen molar-refractivity contribution in [2.75, 3.05) is 11.4 Å². The molecule has 1 amide bonds. The molecular weight excluding hydrogens is 326 g/mol. The van der Waals surface area contributed by atoms with Crippen molar-refractivity contribution < 1.29 is 13.2 Å². The van der Waals surface area contributed by atoms with Gasteiger partial charge in [0.15, 0.2) is 0 Å². The molecular formula is C17H19N3O3S. The van der Waals surface area contributed by atoms with Crippen molar-refractivity contribution in [3.05, 3.63) is 54.4 Å². The number of piperidine rings is 1. The van der Waals surface area contributed by atoms with Crippen molar-refractivity contribution >= 4 is 21.6 Å². The molecule has 1 aliphatic rings. The molecule has 0 atom stereocenters. The normalized spacial score (nSPS) is 15.5. The van der Waals surface area contributed by atoms with Crippen LogP contribution in [0.4, 0.5) is 5.69 Å². The molecule has 1 fully saturated rings. The Morgan fingerprint density at radius 3 is 2.54 bits per heavy atom. The van der Waals surface area contributed by atoms with Gasteiger partial charge >= 0.3 is 0 Å². The number of benzene rings is 1. The number of aromatic nitrogens is 1. The first kappa shape index (κ1) is 16.6. The highest BCUT2D eigenvalue weighted by atomic mass is 32.2. The molecule has 2 heterocycles. The summed E-state index contributed by atoms with van der Waals surface area (Å²) in [4.78, 5) is 17.9. The van der Waals surface area contributed by atoms with E-state index < -0.39 is 10.0 Å². The number of nitrogens with one attached hydrogen (secondary N) is 1. The number of rotatable bonds is 5. The highest BCUT2D eigenvalue weighted by Gasteiger charge is 2.20. The third-order valence-corrected chi connectivity index (χ3v) is 5.37. The van der Waals surface area contributed by atoms with E-state index in [0.717, 1.165) is 18.5 Å². The Bertz CT molecular complexity index is 805. The van der Waals surface area contributed by atoms with Gasteiger partial charge < -0.3 is 4.90 Å². The molecule has 1 aromatic heterocycles. The SMILES string of the molecule is O=C1CCCCN1c1ccc(S(=O)(=O)NCc2ccccn2)cc1. The fraction of sp³-hybridized carbons (Fsp3) is 0.294. The van der Waals surface area contributed by atoms with Crippen molar-refractivity contribution in [2.24, 2.45) is 0 Å². The maximum Gasteiger partial charge on any atom is 0.240 e. The van der Waals surface area contributed by atoms with Gasteiger partial charge in [-0.1, -0.05) is 6.07 Å². The van der Waals surface area contributed by atoms with Crippen LogP contribution in [0.5, 0.6) is 0 Å². The Labute approximate surface area is 141 Å². The van der Waals surface area contributed by atoms with Crippen LogP contribution in [0.2, 0.25) is 0 Å². The van der Waals surface area contributed by atoms with Crippen molar-refractivity contribution in [1.82, 2.24) is 9.71 Å². The monoisotopic (exact) mass is 345 g/mol. The molecule has 24 heavy (non-hydrogen) atoms. The Kier molecular flexibility index (Phi) is 4.92. The van der Waals surface area contributed by atoms with Crippen molar-refractivity contribution in [3.63, 3.8) is 0 Å². The molecule has 0 saturated carbocycles. The number of pyridine rings is 1. The number of anilines is 1. The first-order valence-corrected chi connectivity index (χ1v) is 9.34. The van der Waals surface area contributed by atoms with E-state index in [2.05, 4.69) is 9.71 Å². The van der Waals surface area contributed by atoms with Gasteiger partial charge in [0.05, 0.1) is 17.1 Å². The van der Waals surface area contributed by atoms with E-state index in [9.17, 15) is 13.2 Å². The fourth-order valence-corrected chi connectivity index (χ4v) is 3.64. The zero-order chi connectivity index (χ0) is 17.0. The van der Waals surface area contributed by atoms with Gasteiger partial charge in [-0.15, -0.1) is 0 Å². The molecule has 0 radical (unpaired) electrons. The minimum absolute atomic E-state index is 0.0881. The number of hydrogen-bond donors (Lipinski definition) is 1. The van der Waals surface area contributed by atoms with Gasteiger partial charge in [-0.25, -0.2) is 13.1 Å². The Morgan fingerprint density at radius 2 is 1.88 bits per heavy atom. The molecule has 1 aromatic carbocycles. The lowest BCUT2D eigenvalue weighted by molar-refractivity contribution is -0.119. The van der Waals surface area contributed by atoms with Crippen LogP contribution in [0, 0.1) is 0 Å². The lowest BCUT2D eigenvalue weighted by atomic mass is 10.1. The van der Waals surface area contributed by atoms with E-state index in [1.165, 1.54) is 12.1 Å². The number of nitrogens with zero attached hydrogens (tertiary/aromatic N) is 2. The van der Waals surface area contributed by atoms with E-state index in [-0.39, 0.29) is 17.3 Å². The molecule has 0 unspecified atom stereocenters. The second-order valence-electron chi connectivity index (χ2n) is 5.64. The number of sulfonamides is 1. The summed E-state index contributed by atoms with van der Waals surface area (Å²) in [5.41, 5.74) is 1.39. The lowest BCUT2D eigenvalue weighted by Gasteiger charge is -2.26. The molecule has 1 saturated heterocycles. The molecule has 7 heteroatoms. The van der Waals surface area contributed by atoms with Crippen LogP contribution in [0.25, 0.3) is 0 Å². The summed E-state index contributed by atoms with van der Waals surface area (Å²) in [5, 5.41) is 0. The Hall–Kier alpha value is -2.25. The summed E-state index contributed by atoms with van der Waals surface area (Å²) in [7, 11) is -3.61. The number of carbonyl (C=O) groups is 1. The van der Waals surface area contributed by atoms with Crippen LogP contribution in [0.3, 0.4) is 0 Å². The van der Waals surface area contributed by atoms with Gasteiger partial charge in [-0.3, -0.25) is 9.78 Å². The number of carbonyl (C=O) groups excluding carboxylic acids is 1. The first-order valence-electron chi connectivity index (χ1n) is 7.86. The van der Waals surface area contributed by atoms with Gasteiger partial charge in [-0.2, -0.15) is 0 Å². The van der Waals surface area contributed by atoms with Crippen LogP contribution >= 0.6 is 0 Å². The maximum atomic E-state index is 12.3. The number of hydrogen-bond acceptors (Lipinski definition) is 4. The minimum atomic E-state index is -3.61. The number of amides is 1. The summed E-state index contributed by atoms with van der Waals surface area (Å²) in [6.07, 6.45) is 4.05. The van der Waals surface area contributed by atoms with Gasteiger partial charge in [-0.05, 0) is 49.2 Å². The van der Waals surface area contributed by atoms with Gasteiger partial charge in [0.1, 0.15) is 0 Å². The molecule has 2 aromatic rings. The highest BCUT2D eigenvalue weighted by Crippen LogP contribution is 2.22. The van der Waals surface area contributed by atoms with Gasteiger partial charge in [0, 0.05) is 24.8 Å². The third-order valence-electron chi connectivity index (χ3n) is 3.95. The van der Waals surface area contributed by atoms with E-state index in [1.54, 1.807) is 41.4 Å². The van der Waals surface area contributed by atoms with Crippen LogP contribution < -0.4 is 9.62 Å². The molecule has 1 aliphatic heterocycles. The van der Waals surface area contributed by atoms with Crippen LogP contribution in [0.15, 0.2) is 53.6 Å². The Morgan fingerprint density at radius 1 is 1.08 bits per heavy atom. The second-order valence-corrected chi connectivity index (χ2v) is 7.41. The van der Waals surface area contributed by atoms with Gasteiger partial charge in [0.2, 0.25) is 15.9 Å². The van der Waals surface area contributed by atoms with Crippen molar-refractivity contribution in [3.8, 4) is 0 Å². The average molecular weight is 345 g/mol. The zero-order valence-corrected chi connectivity index (χ0v) is 14.0. The van der Waals surface area contributed by atoms with Crippen LogP contribution in [-0.4, -0.2) is 25.9 Å². The smallest absolute Gasteiger partial charge is 0.240 e. The predicted octanol–water partition coefficient (Wildman–Crippen LogP) is 2.08. The van der Waals surface area contributed by atoms with E-state index in [0.29, 0.717) is 18.7 Å². The molecule has 0 spiro atoms. The zero-order valence-electron chi connectivity index (χ0n) is 13.2. The van der Waals surface area contributed by atoms with E-state index in [1.807, 2.05) is 0 Å². The molecule has 0 bridgehead atoms. The Balaban J connectivity index is 1.71. The standard InChI is InChI=1S/C17H19N3O3S/c21-17-6-2-4-12-20(17)15-7-9-16(10-8-15)24(22,23)19-13-14-5-1-3-11-18-14/h1,3,5,7-11,19H,2,4,6,12-13H2. The molecule has 3 rings (SSSR count). The van der Waals surface area contributed by atoms with Crippen LogP contribution in [0.1, 0.15) is 25.0 Å². The second kappa shape index (κ2) is 7.11. The molecule has 0 aliphatic carbocycles. The largest absolute Gasteiger partial charge is 0.312 e. The summed E-state index contributed by atoms with van der Waals surface area (Å²) in [6.45, 7) is 0.818. The topological polar surface area (TPSA) is 79.4 Å². The fourth-order valence-electron chi connectivity index (χ4n) is 2.64. The molecule has 1 N–H and O–H groups in total. The minimum Gasteiger partial charge on any atom is -0.312 e. The average Bonchev–Trinajstić information content (AvgIpc) is 2.62. The highest BCUT2D eigenvalue weighted by molar-refractivity contribution is 7.89. The van der Waals surface area contributed by atoms with Crippen molar-refractivity contribution in [2.45, 2.75) is 30.7 Å². The molecule has 126 valence electrons. The van der Waals surface area contributed by atoms with Crippen LogP contribution in [-0.2, 0) is 21.4 Å². The van der Waals surface area contributed by atoms with E-state index in [4.69, 9.17) is 0 Å². The summed E-state index contributed by atoms with van der Waals surface area (Å²) >= 11 is 0. The lowest BCUT2D eigenvalue weighted by Crippen LogP contribution is -2.35. The molecule has 6 nitrogen and oxygen atoms in total. The first-order chi connectivity index (χ1) is 11.6. The van der Waals surface area contributed by atoms with Gasteiger partial charge in [0.25, 0.3) is 0 Å².